The van der Waals surface area contributed by atoms with E-state index in [9.17, 15) is 9.90 Å². The first kappa shape index (κ1) is 19.9. The fourth-order valence-electron chi connectivity index (χ4n) is 3.50. The zero-order valence-corrected chi connectivity index (χ0v) is 16.7. The number of ether oxygens (including phenoxy) is 3. The number of carboxylic acid groups (broad SMARTS) is 1. The molecule has 3 aromatic rings. The lowest BCUT2D eigenvalue weighted by Crippen LogP contribution is -2.13. The predicted octanol–water partition coefficient (Wildman–Crippen LogP) is 3.72. The highest BCUT2D eigenvalue weighted by atomic mass is 16.5. The molecule has 0 amide bonds. The third-order valence-corrected chi connectivity index (χ3v) is 5.17. The Labute approximate surface area is 174 Å². The van der Waals surface area contributed by atoms with Crippen molar-refractivity contribution in [2.45, 2.75) is 25.3 Å². The number of carboxylic acids is 1. The number of hydrogen-bond acceptors (Lipinski definition) is 6. The van der Waals surface area contributed by atoms with Crippen molar-refractivity contribution in [3.05, 3.63) is 65.4 Å². The van der Waals surface area contributed by atoms with Gasteiger partial charge in [0.25, 0.3) is 5.88 Å². The van der Waals surface area contributed by atoms with Crippen LogP contribution in [0, 0.1) is 0 Å². The summed E-state index contributed by atoms with van der Waals surface area (Å²) in [4.78, 5) is 11.6. The first-order valence-electron chi connectivity index (χ1n) is 9.79. The standard InChI is InChI=1S/C22H23N3O5/c1-28-18-6-2-15(3-7-18)14-25-21(20(22(26)27)23-24-25)30-19-8-4-16(5-9-19)17-10-12-29-13-11-17/h2-9,17H,10-14H2,1H3,(H,26,27). The fourth-order valence-corrected chi connectivity index (χ4v) is 3.50. The molecular formula is C22H23N3O5. The van der Waals surface area contributed by atoms with Gasteiger partial charge in [-0.3, -0.25) is 0 Å². The molecule has 0 aliphatic carbocycles. The summed E-state index contributed by atoms with van der Waals surface area (Å²) in [5.41, 5.74) is 1.92. The van der Waals surface area contributed by atoms with Crippen LogP contribution in [0.25, 0.3) is 0 Å². The summed E-state index contributed by atoms with van der Waals surface area (Å²) in [7, 11) is 1.60. The summed E-state index contributed by atoms with van der Waals surface area (Å²) in [5.74, 6) is 0.655. The molecule has 8 heteroatoms. The molecule has 1 N–H and O–H groups in total. The van der Waals surface area contributed by atoms with E-state index >= 15 is 0 Å². The molecule has 8 nitrogen and oxygen atoms in total. The average molecular weight is 409 g/mol. The summed E-state index contributed by atoms with van der Waals surface area (Å²) >= 11 is 0. The molecule has 1 aromatic heterocycles. The maximum Gasteiger partial charge on any atom is 0.362 e. The Morgan fingerprint density at radius 1 is 1.10 bits per heavy atom. The van der Waals surface area contributed by atoms with Crippen molar-refractivity contribution in [3.8, 4) is 17.4 Å². The van der Waals surface area contributed by atoms with Crippen LogP contribution in [-0.4, -0.2) is 46.4 Å². The van der Waals surface area contributed by atoms with Gasteiger partial charge in [-0.1, -0.05) is 29.5 Å². The van der Waals surface area contributed by atoms with Crippen LogP contribution < -0.4 is 9.47 Å². The molecule has 0 saturated carbocycles. The minimum atomic E-state index is -1.19. The lowest BCUT2D eigenvalue weighted by molar-refractivity contribution is 0.0687. The van der Waals surface area contributed by atoms with Crippen LogP contribution in [0.3, 0.4) is 0 Å². The number of carbonyl (C=O) groups is 1. The number of aromatic carboxylic acids is 1. The molecule has 2 heterocycles. The van der Waals surface area contributed by atoms with Crippen molar-refractivity contribution < 1.29 is 24.1 Å². The SMILES string of the molecule is COc1ccc(Cn2nnc(C(=O)O)c2Oc2ccc(C3CCOCC3)cc2)cc1. The molecule has 1 fully saturated rings. The molecule has 0 unspecified atom stereocenters. The molecule has 0 radical (unpaired) electrons. The maximum atomic E-state index is 11.6. The normalized spacial score (nSPS) is 14.4. The first-order valence-corrected chi connectivity index (χ1v) is 9.79. The van der Waals surface area contributed by atoms with Gasteiger partial charge in [0.2, 0.25) is 5.69 Å². The summed E-state index contributed by atoms with van der Waals surface area (Å²) < 4.78 is 17.9. The lowest BCUT2D eigenvalue weighted by Gasteiger charge is -2.22. The average Bonchev–Trinajstić information content (AvgIpc) is 3.18. The van der Waals surface area contributed by atoms with Crippen LogP contribution >= 0.6 is 0 Å². The Bertz CT molecular complexity index is 993. The Kier molecular flexibility index (Phi) is 5.94. The number of rotatable bonds is 7. The molecule has 30 heavy (non-hydrogen) atoms. The van der Waals surface area contributed by atoms with Gasteiger partial charge >= 0.3 is 5.97 Å². The van der Waals surface area contributed by atoms with E-state index in [1.165, 1.54) is 10.2 Å². The van der Waals surface area contributed by atoms with Crippen LogP contribution in [0.1, 0.15) is 40.4 Å². The molecule has 4 rings (SSSR count). The quantitative estimate of drug-likeness (QED) is 0.635. The summed E-state index contributed by atoms with van der Waals surface area (Å²) in [5, 5.41) is 17.2. The van der Waals surface area contributed by atoms with E-state index < -0.39 is 5.97 Å². The smallest absolute Gasteiger partial charge is 0.362 e. The van der Waals surface area contributed by atoms with Crippen LogP contribution in [0.5, 0.6) is 17.4 Å². The van der Waals surface area contributed by atoms with E-state index in [0.717, 1.165) is 37.4 Å². The molecule has 2 aromatic carbocycles. The number of methoxy groups -OCH3 is 1. The Morgan fingerprint density at radius 2 is 1.77 bits per heavy atom. The van der Waals surface area contributed by atoms with Crippen molar-refractivity contribution in [1.29, 1.82) is 0 Å². The highest BCUT2D eigenvalue weighted by Gasteiger charge is 2.22. The predicted molar refractivity (Wildman–Crippen MR) is 108 cm³/mol. The van der Waals surface area contributed by atoms with Gasteiger partial charge in [0.05, 0.1) is 13.7 Å². The van der Waals surface area contributed by atoms with Gasteiger partial charge in [0.15, 0.2) is 0 Å². The second-order valence-electron chi connectivity index (χ2n) is 7.11. The van der Waals surface area contributed by atoms with E-state index in [0.29, 0.717) is 18.2 Å². The molecule has 1 aliphatic heterocycles. The molecule has 0 atom stereocenters. The Morgan fingerprint density at radius 3 is 2.40 bits per heavy atom. The van der Waals surface area contributed by atoms with Crippen molar-refractivity contribution in [2.24, 2.45) is 0 Å². The van der Waals surface area contributed by atoms with Crippen molar-refractivity contribution in [3.63, 3.8) is 0 Å². The topological polar surface area (TPSA) is 95.7 Å². The zero-order chi connectivity index (χ0) is 20.9. The van der Waals surface area contributed by atoms with E-state index in [-0.39, 0.29) is 11.6 Å². The largest absolute Gasteiger partial charge is 0.497 e. The zero-order valence-electron chi connectivity index (χ0n) is 16.7. The number of hydrogen-bond donors (Lipinski definition) is 1. The van der Waals surface area contributed by atoms with E-state index in [2.05, 4.69) is 10.3 Å². The maximum absolute atomic E-state index is 11.6. The lowest BCUT2D eigenvalue weighted by atomic mass is 9.92. The number of aromatic nitrogens is 3. The monoisotopic (exact) mass is 409 g/mol. The first-order chi connectivity index (χ1) is 14.6. The van der Waals surface area contributed by atoms with Gasteiger partial charge in [-0.05, 0) is 54.2 Å². The van der Waals surface area contributed by atoms with Crippen LogP contribution in [-0.2, 0) is 11.3 Å². The van der Waals surface area contributed by atoms with Crippen molar-refractivity contribution in [2.75, 3.05) is 20.3 Å². The highest BCUT2D eigenvalue weighted by Crippen LogP contribution is 2.30. The molecule has 1 aliphatic rings. The van der Waals surface area contributed by atoms with Gasteiger partial charge in [-0.15, -0.1) is 5.10 Å². The number of nitrogens with zero attached hydrogens (tertiary/aromatic N) is 3. The van der Waals surface area contributed by atoms with Gasteiger partial charge in [-0.2, -0.15) is 0 Å². The van der Waals surface area contributed by atoms with Gasteiger partial charge in [0.1, 0.15) is 11.5 Å². The minimum absolute atomic E-state index is 0.0946. The van der Waals surface area contributed by atoms with E-state index in [1.54, 1.807) is 7.11 Å². The Hall–Kier alpha value is -3.39. The second kappa shape index (κ2) is 8.96. The minimum Gasteiger partial charge on any atom is -0.497 e. The fraction of sp³-hybridized carbons (Fsp3) is 0.318. The second-order valence-corrected chi connectivity index (χ2v) is 7.11. The van der Waals surface area contributed by atoms with Gasteiger partial charge in [-0.25, -0.2) is 9.48 Å². The molecular weight excluding hydrogens is 386 g/mol. The molecule has 1 saturated heterocycles. The van der Waals surface area contributed by atoms with Crippen LogP contribution in [0.2, 0.25) is 0 Å². The third-order valence-electron chi connectivity index (χ3n) is 5.17. The third kappa shape index (κ3) is 4.44. The Balaban J connectivity index is 1.54. The molecule has 156 valence electrons. The van der Waals surface area contributed by atoms with Crippen LogP contribution in [0.4, 0.5) is 0 Å². The highest BCUT2D eigenvalue weighted by molar-refractivity contribution is 5.87. The van der Waals surface area contributed by atoms with Gasteiger partial charge in [0, 0.05) is 13.2 Å². The summed E-state index contributed by atoms with van der Waals surface area (Å²) in [6.45, 7) is 1.88. The summed E-state index contributed by atoms with van der Waals surface area (Å²) in [6.07, 6.45) is 2.00. The molecule has 0 spiro atoms. The number of benzene rings is 2. The van der Waals surface area contributed by atoms with E-state index in [1.807, 2.05) is 48.5 Å². The van der Waals surface area contributed by atoms with Crippen molar-refractivity contribution >= 4 is 5.97 Å². The van der Waals surface area contributed by atoms with Crippen molar-refractivity contribution in [1.82, 2.24) is 15.0 Å². The van der Waals surface area contributed by atoms with E-state index in [4.69, 9.17) is 14.2 Å². The van der Waals surface area contributed by atoms with Gasteiger partial charge < -0.3 is 19.3 Å². The molecule has 0 bridgehead atoms. The summed E-state index contributed by atoms with van der Waals surface area (Å²) in [6, 6.07) is 15.2. The van der Waals surface area contributed by atoms with Crippen LogP contribution in [0.15, 0.2) is 48.5 Å².